The Bertz CT molecular complexity index is 414. The highest BCUT2D eigenvalue weighted by atomic mass is 32.2. The average Bonchev–Trinajstić information content (AvgIpc) is 2.38. The summed E-state index contributed by atoms with van der Waals surface area (Å²) >= 11 is 0. The molecule has 0 saturated carbocycles. The zero-order valence-corrected chi connectivity index (χ0v) is 11.7. The van der Waals surface area contributed by atoms with Crippen LogP contribution >= 0.6 is 0 Å². The Labute approximate surface area is 112 Å². The molecule has 1 aromatic carbocycles. The third-order valence-corrected chi connectivity index (χ3v) is 4.37. The zero-order chi connectivity index (χ0) is 13.4. The molecular weight excluding hydrogens is 244 g/mol. The Kier molecular flexibility index (Phi) is 6.63. The molecule has 98 valence electrons. The smallest absolute Gasteiger partial charge is 0.0641 e. The minimum atomic E-state index is -0.778. The van der Waals surface area contributed by atoms with Crippen LogP contribution in [0.25, 0.3) is 0 Å². The molecule has 0 aliphatic carbocycles. The van der Waals surface area contributed by atoms with E-state index < -0.39 is 10.8 Å². The van der Waals surface area contributed by atoms with Gasteiger partial charge >= 0.3 is 0 Å². The van der Waals surface area contributed by atoms with Crippen LogP contribution in [0.1, 0.15) is 31.4 Å². The van der Waals surface area contributed by atoms with Gasteiger partial charge in [-0.05, 0) is 18.5 Å². The molecule has 18 heavy (non-hydrogen) atoms. The summed E-state index contributed by atoms with van der Waals surface area (Å²) in [6.07, 6.45) is 3.04. The normalized spacial score (nSPS) is 15.6. The molecule has 0 amide bonds. The van der Waals surface area contributed by atoms with E-state index in [4.69, 9.17) is 5.26 Å². The molecule has 0 saturated heterocycles. The van der Waals surface area contributed by atoms with Gasteiger partial charge in [0.2, 0.25) is 0 Å². The largest absolute Gasteiger partial charge is 0.309 e. The fraction of sp³-hybridized carbons (Fsp3) is 0.500. The third-order valence-electron chi connectivity index (χ3n) is 3.01. The number of rotatable bonds is 7. The van der Waals surface area contributed by atoms with Crippen molar-refractivity contribution in [2.75, 3.05) is 12.8 Å². The monoisotopic (exact) mass is 264 g/mol. The van der Waals surface area contributed by atoms with Crippen molar-refractivity contribution in [2.45, 2.75) is 31.1 Å². The van der Waals surface area contributed by atoms with Gasteiger partial charge in [-0.3, -0.25) is 4.21 Å². The van der Waals surface area contributed by atoms with E-state index in [9.17, 15) is 4.21 Å². The lowest BCUT2D eigenvalue weighted by molar-refractivity contribution is 0.528. The summed E-state index contributed by atoms with van der Waals surface area (Å²) in [6, 6.07) is 12.2. The second kappa shape index (κ2) is 8.02. The Morgan fingerprint density at radius 1 is 1.39 bits per heavy atom. The molecule has 0 spiro atoms. The van der Waals surface area contributed by atoms with Gasteiger partial charge in [-0.25, -0.2) is 0 Å². The summed E-state index contributed by atoms with van der Waals surface area (Å²) in [6.45, 7) is 2.77. The number of benzene rings is 1. The van der Waals surface area contributed by atoms with Gasteiger partial charge in [0, 0.05) is 28.3 Å². The highest BCUT2D eigenvalue weighted by molar-refractivity contribution is 7.84. The molecule has 0 heterocycles. The first-order chi connectivity index (χ1) is 8.65. The van der Waals surface area contributed by atoms with E-state index in [0.29, 0.717) is 6.42 Å². The molecule has 1 N–H and O–H groups in total. The Hall–Kier alpha value is -1.18. The summed E-state index contributed by atoms with van der Waals surface area (Å²) in [5.74, 6) is 0. The first kappa shape index (κ1) is 14.9. The van der Waals surface area contributed by atoms with E-state index in [-0.39, 0.29) is 11.3 Å². The van der Waals surface area contributed by atoms with Crippen molar-refractivity contribution < 1.29 is 4.21 Å². The van der Waals surface area contributed by atoms with Crippen LogP contribution in [0.5, 0.6) is 0 Å². The fourth-order valence-electron chi connectivity index (χ4n) is 1.71. The number of hydrogen-bond acceptors (Lipinski definition) is 3. The van der Waals surface area contributed by atoms with E-state index in [1.165, 1.54) is 0 Å². The zero-order valence-electron chi connectivity index (χ0n) is 10.9. The van der Waals surface area contributed by atoms with Crippen molar-refractivity contribution in [1.82, 2.24) is 5.32 Å². The molecule has 0 aliphatic heterocycles. The molecule has 0 bridgehead atoms. The highest BCUT2D eigenvalue weighted by Crippen LogP contribution is 2.15. The van der Waals surface area contributed by atoms with Gasteiger partial charge < -0.3 is 5.32 Å². The summed E-state index contributed by atoms with van der Waals surface area (Å²) < 4.78 is 11.2. The van der Waals surface area contributed by atoms with Crippen LogP contribution in [0.2, 0.25) is 0 Å². The van der Waals surface area contributed by atoms with Gasteiger partial charge in [-0.2, -0.15) is 5.26 Å². The van der Waals surface area contributed by atoms with Gasteiger partial charge in [-0.15, -0.1) is 0 Å². The number of hydrogen-bond donors (Lipinski definition) is 1. The lowest BCUT2D eigenvalue weighted by atomic mass is 10.0. The number of nitriles is 1. The second-order valence-electron chi connectivity index (χ2n) is 4.38. The van der Waals surface area contributed by atoms with Crippen LogP contribution in [0.15, 0.2) is 30.3 Å². The standard InChI is InChI=1S/C14H20N2OS/c1-12(18(2)17)9-11-16-14(8-10-15)13-6-4-3-5-7-13/h3-7,12,14,16H,8-9,11H2,1-2H3. The van der Waals surface area contributed by atoms with Gasteiger partial charge in [0.1, 0.15) is 0 Å². The second-order valence-corrected chi connectivity index (χ2v) is 6.18. The Morgan fingerprint density at radius 2 is 2.06 bits per heavy atom. The minimum absolute atomic E-state index is 0.0636. The molecule has 3 nitrogen and oxygen atoms in total. The van der Waals surface area contributed by atoms with E-state index in [1.807, 2.05) is 37.3 Å². The van der Waals surface area contributed by atoms with Crippen LogP contribution in [-0.2, 0) is 10.8 Å². The topological polar surface area (TPSA) is 52.9 Å². The van der Waals surface area contributed by atoms with Crippen molar-refractivity contribution in [3.05, 3.63) is 35.9 Å². The minimum Gasteiger partial charge on any atom is -0.309 e. The molecule has 0 fully saturated rings. The van der Waals surface area contributed by atoms with Crippen molar-refractivity contribution in [3.63, 3.8) is 0 Å². The summed E-state index contributed by atoms with van der Waals surface area (Å²) in [4.78, 5) is 0. The van der Waals surface area contributed by atoms with Crippen molar-refractivity contribution >= 4 is 10.8 Å². The molecule has 3 unspecified atom stereocenters. The molecule has 1 aromatic rings. The summed E-state index contributed by atoms with van der Waals surface area (Å²) in [5, 5.41) is 12.4. The maximum atomic E-state index is 11.2. The van der Waals surface area contributed by atoms with E-state index in [1.54, 1.807) is 6.26 Å². The maximum Gasteiger partial charge on any atom is 0.0641 e. The van der Waals surface area contributed by atoms with Gasteiger partial charge in [0.15, 0.2) is 0 Å². The van der Waals surface area contributed by atoms with Crippen LogP contribution in [0, 0.1) is 11.3 Å². The van der Waals surface area contributed by atoms with Crippen LogP contribution in [0.4, 0.5) is 0 Å². The summed E-state index contributed by atoms with van der Waals surface area (Å²) in [7, 11) is -0.778. The van der Waals surface area contributed by atoms with E-state index in [2.05, 4.69) is 11.4 Å². The number of nitrogens with zero attached hydrogens (tertiary/aromatic N) is 1. The molecule has 3 atom stereocenters. The van der Waals surface area contributed by atoms with Gasteiger partial charge in [0.05, 0.1) is 12.5 Å². The molecule has 0 aliphatic rings. The first-order valence-electron chi connectivity index (χ1n) is 6.12. The fourth-order valence-corrected chi connectivity index (χ4v) is 2.16. The van der Waals surface area contributed by atoms with Crippen LogP contribution < -0.4 is 5.32 Å². The van der Waals surface area contributed by atoms with Gasteiger partial charge in [0.25, 0.3) is 0 Å². The average molecular weight is 264 g/mol. The number of nitrogens with one attached hydrogen (secondary N) is 1. The summed E-state index contributed by atoms with van der Waals surface area (Å²) in [5.41, 5.74) is 1.13. The van der Waals surface area contributed by atoms with Crippen LogP contribution in [-0.4, -0.2) is 22.3 Å². The Balaban J connectivity index is 2.50. The predicted octanol–water partition coefficient (Wildman–Crippen LogP) is 2.39. The quantitative estimate of drug-likeness (QED) is 0.822. The molecule has 0 radical (unpaired) electrons. The first-order valence-corrected chi connectivity index (χ1v) is 7.74. The Morgan fingerprint density at radius 3 is 2.61 bits per heavy atom. The van der Waals surface area contributed by atoms with Gasteiger partial charge in [-0.1, -0.05) is 37.3 Å². The lowest BCUT2D eigenvalue weighted by Crippen LogP contribution is -2.25. The highest BCUT2D eigenvalue weighted by Gasteiger charge is 2.11. The molecular formula is C14H20N2OS. The predicted molar refractivity (Wildman–Crippen MR) is 75.6 cm³/mol. The van der Waals surface area contributed by atoms with Crippen molar-refractivity contribution in [2.24, 2.45) is 0 Å². The van der Waals surface area contributed by atoms with Crippen molar-refractivity contribution in [1.29, 1.82) is 5.26 Å². The molecule has 4 heteroatoms. The van der Waals surface area contributed by atoms with E-state index >= 15 is 0 Å². The molecule has 0 aromatic heterocycles. The SMILES string of the molecule is CC(CCNC(CC#N)c1ccccc1)S(C)=O. The molecule has 1 rings (SSSR count). The lowest BCUT2D eigenvalue weighted by Gasteiger charge is -2.17. The maximum absolute atomic E-state index is 11.2. The van der Waals surface area contributed by atoms with Crippen molar-refractivity contribution in [3.8, 4) is 6.07 Å². The van der Waals surface area contributed by atoms with Crippen LogP contribution in [0.3, 0.4) is 0 Å². The third kappa shape index (κ3) is 4.99. The van der Waals surface area contributed by atoms with E-state index in [0.717, 1.165) is 18.5 Å².